The van der Waals surface area contributed by atoms with E-state index in [1.54, 1.807) is 12.3 Å². The van der Waals surface area contributed by atoms with Crippen LogP contribution in [0.15, 0.2) is 53.7 Å². The van der Waals surface area contributed by atoms with E-state index in [4.69, 9.17) is 0 Å². The SMILES string of the molecule is CS(=O)(=O)c1ccc(-c2ccccc2)cn1. The molecule has 0 saturated carbocycles. The van der Waals surface area contributed by atoms with E-state index in [1.807, 2.05) is 30.3 Å². The van der Waals surface area contributed by atoms with Gasteiger partial charge in [-0.1, -0.05) is 30.3 Å². The largest absolute Gasteiger partial charge is 0.244 e. The first-order valence-corrected chi connectivity index (χ1v) is 6.68. The zero-order valence-electron chi connectivity index (χ0n) is 8.79. The summed E-state index contributed by atoms with van der Waals surface area (Å²) in [5, 5.41) is 0.104. The molecule has 2 rings (SSSR count). The van der Waals surface area contributed by atoms with Gasteiger partial charge in [0.15, 0.2) is 14.9 Å². The van der Waals surface area contributed by atoms with Crippen LogP contribution in [0.1, 0.15) is 0 Å². The van der Waals surface area contributed by atoms with Gasteiger partial charge in [-0.05, 0) is 17.7 Å². The number of nitrogens with zero attached hydrogens (tertiary/aromatic N) is 1. The molecule has 0 amide bonds. The van der Waals surface area contributed by atoms with Crippen LogP contribution < -0.4 is 0 Å². The highest BCUT2D eigenvalue weighted by atomic mass is 32.2. The van der Waals surface area contributed by atoms with E-state index in [9.17, 15) is 8.42 Å². The third-order valence-corrected chi connectivity index (χ3v) is 3.22. The summed E-state index contributed by atoms with van der Waals surface area (Å²) in [5.41, 5.74) is 1.93. The van der Waals surface area contributed by atoms with Crippen molar-refractivity contribution in [3.63, 3.8) is 0 Å². The molecule has 0 aliphatic heterocycles. The van der Waals surface area contributed by atoms with Crippen LogP contribution in [0, 0.1) is 0 Å². The van der Waals surface area contributed by atoms with Crippen molar-refractivity contribution >= 4 is 9.84 Å². The second-order valence-corrected chi connectivity index (χ2v) is 5.49. The predicted octanol–water partition coefficient (Wildman–Crippen LogP) is 2.15. The van der Waals surface area contributed by atoms with E-state index in [0.29, 0.717) is 0 Å². The van der Waals surface area contributed by atoms with Crippen LogP contribution >= 0.6 is 0 Å². The molecule has 0 radical (unpaired) electrons. The zero-order chi connectivity index (χ0) is 11.6. The maximum absolute atomic E-state index is 11.2. The molecule has 1 aromatic heterocycles. The van der Waals surface area contributed by atoms with Crippen molar-refractivity contribution in [1.82, 2.24) is 4.98 Å². The van der Waals surface area contributed by atoms with Gasteiger partial charge in [-0.15, -0.1) is 0 Å². The quantitative estimate of drug-likeness (QED) is 0.798. The van der Waals surface area contributed by atoms with Crippen LogP contribution in [0.3, 0.4) is 0 Å². The topological polar surface area (TPSA) is 47.0 Å². The summed E-state index contributed by atoms with van der Waals surface area (Å²) >= 11 is 0. The Hall–Kier alpha value is -1.68. The summed E-state index contributed by atoms with van der Waals surface area (Å²) in [6.07, 6.45) is 2.73. The van der Waals surface area contributed by atoms with Crippen LogP contribution in [0.5, 0.6) is 0 Å². The van der Waals surface area contributed by atoms with Gasteiger partial charge in [0, 0.05) is 18.0 Å². The average molecular weight is 233 g/mol. The molecule has 1 aromatic carbocycles. The molecular weight excluding hydrogens is 222 g/mol. The van der Waals surface area contributed by atoms with Crippen molar-refractivity contribution in [3.05, 3.63) is 48.7 Å². The van der Waals surface area contributed by atoms with Gasteiger partial charge >= 0.3 is 0 Å². The molecule has 0 bridgehead atoms. The monoisotopic (exact) mass is 233 g/mol. The number of pyridine rings is 1. The predicted molar refractivity (Wildman–Crippen MR) is 62.8 cm³/mol. The summed E-state index contributed by atoms with van der Waals surface area (Å²) < 4.78 is 22.4. The van der Waals surface area contributed by atoms with E-state index in [2.05, 4.69) is 4.98 Å². The number of sulfone groups is 1. The molecule has 0 N–H and O–H groups in total. The fourth-order valence-electron chi connectivity index (χ4n) is 1.40. The van der Waals surface area contributed by atoms with E-state index < -0.39 is 9.84 Å². The van der Waals surface area contributed by atoms with Crippen molar-refractivity contribution in [2.75, 3.05) is 6.26 Å². The highest BCUT2D eigenvalue weighted by molar-refractivity contribution is 7.90. The van der Waals surface area contributed by atoms with Gasteiger partial charge in [0.25, 0.3) is 0 Å². The third kappa shape index (κ3) is 2.28. The molecule has 0 spiro atoms. The molecule has 0 fully saturated rings. The lowest BCUT2D eigenvalue weighted by atomic mass is 10.1. The Kier molecular flexibility index (Phi) is 2.75. The van der Waals surface area contributed by atoms with Gasteiger partial charge in [0.2, 0.25) is 0 Å². The lowest BCUT2D eigenvalue weighted by Gasteiger charge is -2.01. The summed E-state index contributed by atoms with van der Waals surface area (Å²) in [6, 6.07) is 13.0. The first-order chi connectivity index (χ1) is 7.57. The molecule has 0 atom stereocenters. The number of hydrogen-bond acceptors (Lipinski definition) is 3. The van der Waals surface area contributed by atoms with Crippen LogP contribution in [0.2, 0.25) is 0 Å². The van der Waals surface area contributed by atoms with Crippen LogP contribution in [0.25, 0.3) is 11.1 Å². The van der Waals surface area contributed by atoms with Crippen molar-refractivity contribution in [2.45, 2.75) is 5.03 Å². The Balaban J connectivity index is 2.41. The summed E-state index contributed by atoms with van der Waals surface area (Å²) in [4.78, 5) is 3.94. The fourth-order valence-corrected chi connectivity index (χ4v) is 1.96. The van der Waals surface area contributed by atoms with Gasteiger partial charge in [-0.3, -0.25) is 0 Å². The van der Waals surface area contributed by atoms with Crippen LogP contribution in [-0.4, -0.2) is 19.7 Å². The van der Waals surface area contributed by atoms with Gasteiger partial charge in [-0.2, -0.15) is 0 Å². The van der Waals surface area contributed by atoms with Crippen molar-refractivity contribution in [2.24, 2.45) is 0 Å². The summed E-state index contributed by atoms with van der Waals surface area (Å²) in [5.74, 6) is 0. The zero-order valence-corrected chi connectivity index (χ0v) is 9.61. The van der Waals surface area contributed by atoms with Crippen LogP contribution in [0.4, 0.5) is 0 Å². The minimum atomic E-state index is -3.21. The molecule has 4 heteroatoms. The van der Waals surface area contributed by atoms with E-state index >= 15 is 0 Å². The Morgan fingerprint density at radius 1 is 0.938 bits per heavy atom. The van der Waals surface area contributed by atoms with E-state index in [1.165, 1.54) is 6.07 Å². The molecule has 1 heterocycles. The van der Waals surface area contributed by atoms with Crippen molar-refractivity contribution in [3.8, 4) is 11.1 Å². The van der Waals surface area contributed by atoms with Gasteiger partial charge < -0.3 is 0 Å². The number of benzene rings is 1. The number of aromatic nitrogens is 1. The molecule has 0 saturated heterocycles. The summed E-state index contributed by atoms with van der Waals surface area (Å²) in [7, 11) is -3.21. The summed E-state index contributed by atoms with van der Waals surface area (Å²) in [6.45, 7) is 0. The van der Waals surface area contributed by atoms with E-state index in [-0.39, 0.29) is 5.03 Å². The first kappa shape index (κ1) is 10.8. The molecule has 82 valence electrons. The van der Waals surface area contributed by atoms with Crippen molar-refractivity contribution in [1.29, 1.82) is 0 Å². The molecule has 3 nitrogen and oxygen atoms in total. The normalized spacial score (nSPS) is 11.3. The number of rotatable bonds is 2. The van der Waals surface area contributed by atoms with Crippen molar-refractivity contribution < 1.29 is 8.42 Å². The highest BCUT2D eigenvalue weighted by Gasteiger charge is 2.08. The minimum Gasteiger partial charge on any atom is -0.244 e. The second kappa shape index (κ2) is 4.06. The second-order valence-electron chi connectivity index (χ2n) is 3.52. The molecule has 0 unspecified atom stereocenters. The maximum Gasteiger partial charge on any atom is 0.192 e. The van der Waals surface area contributed by atoms with Crippen LogP contribution in [-0.2, 0) is 9.84 Å². The lowest BCUT2D eigenvalue weighted by Crippen LogP contribution is -1.99. The van der Waals surface area contributed by atoms with Gasteiger partial charge in [0.05, 0.1) is 0 Å². The molecule has 16 heavy (non-hydrogen) atoms. The van der Waals surface area contributed by atoms with Gasteiger partial charge in [0.1, 0.15) is 0 Å². The highest BCUT2D eigenvalue weighted by Crippen LogP contribution is 2.18. The Morgan fingerprint density at radius 2 is 1.62 bits per heavy atom. The molecule has 0 aliphatic carbocycles. The van der Waals surface area contributed by atoms with Gasteiger partial charge in [-0.25, -0.2) is 13.4 Å². The Bertz CT molecular complexity index is 574. The standard InChI is InChI=1S/C12H11NO2S/c1-16(14,15)12-8-7-11(9-13-12)10-5-3-2-4-6-10/h2-9H,1H3. The average Bonchev–Trinajstić information content (AvgIpc) is 2.29. The first-order valence-electron chi connectivity index (χ1n) is 4.79. The molecule has 0 aliphatic rings. The maximum atomic E-state index is 11.2. The Morgan fingerprint density at radius 3 is 2.12 bits per heavy atom. The number of hydrogen-bond donors (Lipinski definition) is 0. The minimum absolute atomic E-state index is 0.104. The third-order valence-electron chi connectivity index (χ3n) is 2.22. The molecular formula is C12H11NO2S. The smallest absolute Gasteiger partial charge is 0.192 e. The molecule has 2 aromatic rings. The lowest BCUT2D eigenvalue weighted by molar-refractivity contribution is 0.598. The van der Waals surface area contributed by atoms with E-state index in [0.717, 1.165) is 17.4 Å². The fraction of sp³-hybridized carbons (Fsp3) is 0.0833. The Labute approximate surface area is 94.7 Å².